The van der Waals surface area contributed by atoms with E-state index in [1.54, 1.807) is 0 Å². The highest BCUT2D eigenvalue weighted by Gasteiger charge is 2.26. The molecule has 0 fully saturated rings. The fraction of sp³-hybridized carbons (Fsp3) is 1.00. The van der Waals surface area contributed by atoms with Crippen molar-refractivity contribution in [2.24, 2.45) is 23.5 Å². The molecule has 0 saturated carbocycles. The van der Waals surface area contributed by atoms with Crippen molar-refractivity contribution in [3.8, 4) is 0 Å². The SMILES string of the molecule is CCCC(CCC)C(CN)C(CCC)CCC. The van der Waals surface area contributed by atoms with E-state index < -0.39 is 0 Å². The summed E-state index contributed by atoms with van der Waals surface area (Å²) in [5.74, 6) is 2.52. The molecule has 0 saturated heterocycles. The first-order chi connectivity index (χ1) is 8.24. The highest BCUT2D eigenvalue weighted by Crippen LogP contribution is 2.33. The molecule has 1 heteroatoms. The van der Waals surface area contributed by atoms with Crippen LogP contribution in [0.15, 0.2) is 0 Å². The van der Waals surface area contributed by atoms with Gasteiger partial charge in [0.1, 0.15) is 0 Å². The van der Waals surface area contributed by atoms with E-state index >= 15 is 0 Å². The van der Waals surface area contributed by atoms with Gasteiger partial charge in [-0.15, -0.1) is 0 Å². The summed E-state index contributed by atoms with van der Waals surface area (Å²) in [5.41, 5.74) is 6.10. The van der Waals surface area contributed by atoms with Crippen molar-refractivity contribution in [2.75, 3.05) is 6.54 Å². The van der Waals surface area contributed by atoms with Crippen LogP contribution in [-0.2, 0) is 0 Å². The summed E-state index contributed by atoms with van der Waals surface area (Å²) in [4.78, 5) is 0. The van der Waals surface area contributed by atoms with Crippen LogP contribution in [-0.4, -0.2) is 6.54 Å². The van der Waals surface area contributed by atoms with Gasteiger partial charge in [0.25, 0.3) is 0 Å². The van der Waals surface area contributed by atoms with Gasteiger partial charge in [-0.25, -0.2) is 0 Å². The minimum atomic E-state index is 0.773. The zero-order valence-electron chi connectivity index (χ0n) is 12.7. The molecule has 0 bridgehead atoms. The van der Waals surface area contributed by atoms with Gasteiger partial charge >= 0.3 is 0 Å². The van der Waals surface area contributed by atoms with Crippen LogP contribution in [0.25, 0.3) is 0 Å². The lowest BCUT2D eigenvalue weighted by Gasteiger charge is -2.33. The van der Waals surface area contributed by atoms with E-state index in [0.717, 1.165) is 24.3 Å². The summed E-state index contributed by atoms with van der Waals surface area (Å²) in [6, 6.07) is 0. The Hall–Kier alpha value is -0.0400. The summed E-state index contributed by atoms with van der Waals surface area (Å²) in [7, 11) is 0. The largest absolute Gasteiger partial charge is 0.330 e. The van der Waals surface area contributed by atoms with Gasteiger partial charge in [0, 0.05) is 0 Å². The van der Waals surface area contributed by atoms with Gasteiger partial charge in [-0.1, -0.05) is 79.1 Å². The molecule has 1 nitrogen and oxygen atoms in total. The molecule has 2 N–H and O–H groups in total. The lowest BCUT2D eigenvalue weighted by molar-refractivity contribution is 0.186. The third-order valence-electron chi connectivity index (χ3n) is 4.12. The van der Waals surface area contributed by atoms with Gasteiger partial charge in [0.15, 0.2) is 0 Å². The molecule has 17 heavy (non-hydrogen) atoms. The second kappa shape index (κ2) is 11.1. The van der Waals surface area contributed by atoms with E-state index in [-0.39, 0.29) is 0 Å². The predicted molar refractivity (Wildman–Crippen MR) is 79.2 cm³/mol. The third kappa shape index (κ3) is 6.45. The Kier molecular flexibility index (Phi) is 11.0. The zero-order valence-corrected chi connectivity index (χ0v) is 12.7. The Balaban J connectivity index is 4.55. The molecule has 0 amide bonds. The lowest BCUT2D eigenvalue weighted by atomic mass is 9.74. The van der Waals surface area contributed by atoms with Crippen LogP contribution >= 0.6 is 0 Å². The first kappa shape index (κ1) is 17.0. The molecule has 0 aromatic carbocycles. The monoisotopic (exact) mass is 241 g/mol. The van der Waals surface area contributed by atoms with Crippen molar-refractivity contribution in [1.29, 1.82) is 0 Å². The maximum Gasteiger partial charge on any atom is -0.00436 e. The van der Waals surface area contributed by atoms with Crippen LogP contribution in [0.5, 0.6) is 0 Å². The average molecular weight is 241 g/mol. The van der Waals surface area contributed by atoms with E-state index in [2.05, 4.69) is 27.7 Å². The highest BCUT2D eigenvalue weighted by molar-refractivity contribution is 4.78. The number of hydrogen-bond donors (Lipinski definition) is 1. The molecule has 0 radical (unpaired) electrons. The van der Waals surface area contributed by atoms with Gasteiger partial charge < -0.3 is 5.73 Å². The zero-order chi connectivity index (χ0) is 13.1. The van der Waals surface area contributed by atoms with Gasteiger partial charge in [-0.05, 0) is 24.3 Å². The van der Waals surface area contributed by atoms with Gasteiger partial charge in [-0.2, -0.15) is 0 Å². The first-order valence-electron chi connectivity index (χ1n) is 7.94. The molecule has 0 aromatic heterocycles. The maximum absolute atomic E-state index is 6.10. The molecular formula is C16H35N. The molecule has 0 heterocycles. The number of rotatable bonds is 11. The normalized spacial score (nSPS) is 12.0. The summed E-state index contributed by atoms with van der Waals surface area (Å²) in [6.45, 7) is 10.1. The summed E-state index contributed by atoms with van der Waals surface area (Å²) >= 11 is 0. The second-order valence-electron chi connectivity index (χ2n) is 5.57. The minimum absolute atomic E-state index is 0.773. The van der Waals surface area contributed by atoms with Crippen molar-refractivity contribution in [1.82, 2.24) is 0 Å². The van der Waals surface area contributed by atoms with E-state index in [4.69, 9.17) is 5.73 Å². The summed E-state index contributed by atoms with van der Waals surface area (Å²) < 4.78 is 0. The van der Waals surface area contributed by atoms with Crippen molar-refractivity contribution < 1.29 is 0 Å². The Labute approximate surface area is 110 Å². The van der Waals surface area contributed by atoms with Crippen LogP contribution in [0, 0.1) is 17.8 Å². The Morgan fingerprint density at radius 1 is 0.647 bits per heavy atom. The average Bonchev–Trinajstić information content (AvgIpc) is 2.31. The van der Waals surface area contributed by atoms with Crippen LogP contribution in [0.4, 0.5) is 0 Å². The van der Waals surface area contributed by atoms with Gasteiger partial charge in [-0.3, -0.25) is 0 Å². The third-order valence-corrected chi connectivity index (χ3v) is 4.12. The molecular weight excluding hydrogens is 206 g/mol. The lowest BCUT2D eigenvalue weighted by Crippen LogP contribution is -2.31. The van der Waals surface area contributed by atoms with Crippen molar-refractivity contribution >= 4 is 0 Å². The quantitative estimate of drug-likeness (QED) is 0.541. The molecule has 0 spiro atoms. The smallest absolute Gasteiger partial charge is 0.00436 e. The Morgan fingerprint density at radius 2 is 0.941 bits per heavy atom. The Morgan fingerprint density at radius 3 is 1.12 bits per heavy atom. The standard InChI is InChI=1S/C16H35N/c1-5-9-14(10-6-2)16(13-17)15(11-7-3)12-8-4/h14-16H,5-13,17H2,1-4H3. The first-order valence-corrected chi connectivity index (χ1v) is 7.94. The Bertz CT molecular complexity index is 128. The number of hydrogen-bond acceptors (Lipinski definition) is 1. The van der Waals surface area contributed by atoms with E-state index in [1.807, 2.05) is 0 Å². The molecule has 0 rings (SSSR count). The van der Waals surface area contributed by atoms with Gasteiger partial charge in [0.05, 0.1) is 0 Å². The van der Waals surface area contributed by atoms with Crippen molar-refractivity contribution in [2.45, 2.75) is 79.1 Å². The minimum Gasteiger partial charge on any atom is -0.330 e. The van der Waals surface area contributed by atoms with E-state index in [9.17, 15) is 0 Å². The number of nitrogens with two attached hydrogens (primary N) is 1. The predicted octanol–water partition coefficient (Wildman–Crippen LogP) is 4.99. The summed E-state index contributed by atoms with van der Waals surface area (Å²) in [6.07, 6.45) is 10.7. The van der Waals surface area contributed by atoms with E-state index in [1.165, 1.54) is 51.4 Å². The maximum atomic E-state index is 6.10. The fourth-order valence-corrected chi connectivity index (χ4v) is 3.40. The molecule has 0 aliphatic rings. The molecule has 104 valence electrons. The molecule has 0 aromatic rings. The molecule has 0 aliphatic carbocycles. The van der Waals surface area contributed by atoms with Gasteiger partial charge in [0.2, 0.25) is 0 Å². The van der Waals surface area contributed by atoms with Crippen molar-refractivity contribution in [3.05, 3.63) is 0 Å². The van der Waals surface area contributed by atoms with Crippen molar-refractivity contribution in [3.63, 3.8) is 0 Å². The fourth-order valence-electron chi connectivity index (χ4n) is 3.40. The van der Waals surface area contributed by atoms with Crippen LogP contribution in [0.1, 0.15) is 79.1 Å². The van der Waals surface area contributed by atoms with Crippen LogP contribution < -0.4 is 5.73 Å². The molecule has 0 atom stereocenters. The second-order valence-corrected chi connectivity index (χ2v) is 5.57. The van der Waals surface area contributed by atoms with E-state index in [0.29, 0.717) is 0 Å². The topological polar surface area (TPSA) is 26.0 Å². The highest BCUT2D eigenvalue weighted by atomic mass is 14.6. The molecule has 0 unspecified atom stereocenters. The summed E-state index contributed by atoms with van der Waals surface area (Å²) in [5, 5.41) is 0. The molecule has 0 aliphatic heterocycles. The van der Waals surface area contributed by atoms with Crippen LogP contribution in [0.2, 0.25) is 0 Å². The van der Waals surface area contributed by atoms with Crippen LogP contribution in [0.3, 0.4) is 0 Å².